The van der Waals surface area contributed by atoms with Gasteiger partial charge in [-0.05, 0) is 55.6 Å². The maximum atomic E-state index is 8.96. The summed E-state index contributed by atoms with van der Waals surface area (Å²) in [5.41, 5.74) is 3.49. The summed E-state index contributed by atoms with van der Waals surface area (Å²) in [5, 5.41) is 13.3. The van der Waals surface area contributed by atoms with Crippen LogP contribution in [0.15, 0.2) is 36.7 Å². The largest absolute Gasteiger partial charge is 0.396 e. The number of rotatable bonds is 5. The van der Waals surface area contributed by atoms with E-state index in [1.54, 1.807) is 0 Å². The average Bonchev–Trinajstić information content (AvgIpc) is 3.11. The molecule has 1 aliphatic heterocycles. The third-order valence-electron chi connectivity index (χ3n) is 3.82. The van der Waals surface area contributed by atoms with Crippen LogP contribution in [0.4, 0.5) is 0 Å². The highest BCUT2D eigenvalue weighted by molar-refractivity contribution is 5.35. The van der Waals surface area contributed by atoms with E-state index in [9.17, 15) is 0 Å². The van der Waals surface area contributed by atoms with Gasteiger partial charge in [0, 0.05) is 19.3 Å². The molecule has 2 heterocycles. The molecule has 20 heavy (non-hydrogen) atoms. The van der Waals surface area contributed by atoms with Crippen LogP contribution in [-0.4, -0.2) is 39.5 Å². The van der Waals surface area contributed by atoms with Crippen LogP contribution >= 0.6 is 0 Å². The lowest BCUT2D eigenvalue weighted by Crippen LogP contribution is -2.18. The molecule has 1 aromatic carbocycles. The first-order valence-electron chi connectivity index (χ1n) is 7.31. The lowest BCUT2D eigenvalue weighted by molar-refractivity contribution is 0.299. The molecule has 0 unspecified atom stereocenters. The van der Waals surface area contributed by atoms with Gasteiger partial charge in [-0.1, -0.05) is 12.1 Å². The van der Waals surface area contributed by atoms with Crippen molar-refractivity contribution in [2.75, 3.05) is 19.7 Å². The van der Waals surface area contributed by atoms with Gasteiger partial charge in [-0.3, -0.25) is 4.90 Å². The van der Waals surface area contributed by atoms with Gasteiger partial charge in [0.15, 0.2) is 0 Å². The van der Waals surface area contributed by atoms with Crippen molar-refractivity contribution in [2.45, 2.75) is 25.8 Å². The van der Waals surface area contributed by atoms with Gasteiger partial charge < -0.3 is 5.11 Å². The molecule has 0 aliphatic carbocycles. The zero-order valence-electron chi connectivity index (χ0n) is 11.7. The maximum absolute atomic E-state index is 8.96. The van der Waals surface area contributed by atoms with Gasteiger partial charge >= 0.3 is 0 Å². The summed E-state index contributed by atoms with van der Waals surface area (Å²) < 4.78 is 1.89. The van der Waals surface area contributed by atoms with Crippen molar-refractivity contribution in [2.24, 2.45) is 0 Å². The lowest BCUT2D eigenvalue weighted by atomic mass is 10.2. The molecule has 0 atom stereocenters. The van der Waals surface area contributed by atoms with Crippen LogP contribution in [0.2, 0.25) is 0 Å². The molecule has 3 rings (SSSR count). The van der Waals surface area contributed by atoms with E-state index in [1.165, 1.54) is 31.5 Å². The predicted octanol–water partition coefficient (Wildman–Crippen LogP) is 2.00. The van der Waals surface area contributed by atoms with Crippen LogP contribution < -0.4 is 0 Å². The van der Waals surface area contributed by atoms with Gasteiger partial charge in [0.05, 0.1) is 11.9 Å². The van der Waals surface area contributed by atoms with Crippen LogP contribution in [-0.2, 0) is 13.0 Å². The number of nitrogens with zero attached hydrogens (tertiary/aromatic N) is 3. The Morgan fingerprint density at radius 1 is 1.15 bits per heavy atom. The highest BCUT2D eigenvalue weighted by Gasteiger charge is 2.12. The van der Waals surface area contributed by atoms with Crippen molar-refractivity contribution in [3.8, 4) is 5.69 Å². The minimum absolute atomic E-state index is 0.167. The fourth-order valence-corrected chi connectivity index (χ4v) is 2.76. The molecule has 0 amide bonds. The summed E-state index contributed by atoms with van der Waals surface area (Å²) in [6.45, 7) is 3.62. The molecule has 1 aliphatic rings. The Morgan fingerprint density at radius 3 is 2.80 bits per heavy atom. The molecular formula is C16H21N3O. The molecular weight excluding hydrogens is 250 g/mol. The molecule has 1 fully saturated rings. The lowest BCUT2D eigenvalue weighted by Gasteiger charge is -2.15. The molecule has 4 heteroatoms. The molecule has 1 N–H and O–H groups in total. The number of aliphatic hydroxyl groups is 1. The van der Waals surface area contributed by atoms with E-state index in [0.717, 1.165) is 17.8 Å². The molecule has 0 radical (unpaired) electrons. The second-order valence-electron chi connectivity index (χ2n) is 5.42. The van der Waals surface area contributed by atoms with E-state index < -0.39 is 0 Å². The standard InChI is InChI=1S/C16H21N3O/c20-9-6-15-11-17-19(13-15)16-5-3-4-14(10-16)12-18-7-1-2-8-18/h3-5,10-11,13,20H,1-2,6-9,12H2. The van der Waals surface area contributed by atoms with Crippen LogP contribution in [0.1, 0.15) is 24.0 Å². The van der Waals surface area contributed by atoms with Crippen molar-refractivity contribution >= 4 is 0 Å². The van der Waals surface area contributed by atoms with Crippen LogP contribution in [0.25, 0.3) is 5.69 Å². The number of aliphatic hydroxyl groups excluding tert-OH is 1. The predicted molar refractivity (Wildman–Crippen MR) is 78.9 cm³/mol. The van der Waals surface area contributed by atoms with Crippen molar-refractivity contribution in [3.63, 3.8) is 0 Å². The highest BCUT2D eigenvalue weighted by atomic mass is 16.2. The third kappa shape index (κ3) is 3.08. The molecule has 1 aromatic heterocycles. The van der Waals surface area contributed by atoms with E-state index in [1.807, 2.05) is 17.1 Å². The summed E-state index contributed by atoms with van der Waals surface area (Å²) in [4.78, 5) is 2.50. The SMILES string of the molecule is OCCc1cnn(-c2cccc(CN3CCCC3)c2)c1. The normalized spacial score (nSPS) is 15.8. The molecule has 0 saturated carbocycles. The quantitative estimate of drug-likeness (QED) is 0.904. The van der Waals surface area contributed by atoms with Crippen molar-refractivity contribution in [1.82, 2.24) is 14.7 Å². The summed E-state index contributed by atoms with van der Waals surface area (Å²) in [5.74, 6) is 0. The Morgan fingerprint density at radius 2 is 2.00 bits per heavy atom. The first kappa shape index (κ1) is 13.3. The summed E-state index contributed by atoms with van der Waals surface area (Å²) >= 11 is 0. The summed E-state index contributed by atoms with van der Waals surface area (Å²) in [6.07, 6.45) is 7.12. The third-order valence-corrected chi connectivity index (χ3v) is 3.82. The second kappa shape index (κ2) is 6.20. The maximum Gasteiger partial charge on any atom is 0.0648 e. The number of aromatic nitrogens is 2. The number of hydrogen-bond donors (Lipinski definition) is 1. The molecule has 2 aromatic rings. The zero-order chi connectivity index (χ0) is 13.8. The minimum atomic E-state index is 0.167. The number of likely N-dealkylation sites (tertiary alicyclic amines) is 1. The topological polar surface area (TPSA) is 41.3 Å². The Bertz CT molecular complexity index is 558. The first-order valence-corrected chi connectivity index (χ1v) is 7.31. The minimum Gasteiger partial charge on any atom is -0.396 e. The Hall–Kier alpha value is -1.65. The highest BCUT2D eigenvalue weighted by Crippen LogP contribution is 2.16. The van der Waals surface area contributed by atoms with Gasteiger partial charge in [0.25, 0.3) is 0 Å². The molecule has 0 bridgehead atoms. The fourth-order valence-electron chi connectivity index (χ4n) is 2.76. The summed E-state index contributed by atoms with van der Waals surface area (Å²) in [7, 11) is 0. The van der Waals surface area contributed by atoms with Gasteiger partial charge in [-0.25, -0.2) is 4.68 Å². The molecule has 4 nitrogen and oxygen atoms in total. The van der Waals surface area contributed by atoms with Crippen molar-refractivity contribution in [1.29, 1.82) is 0 Å². The van der Waals surface area contributed by atoms with Gasteiger partial charge in [-0.15, -0.1) is 0 Å². The fraction of sp³-hybridized carbons (Fsp3) is 0.438. The van der Waals surface area contributed by atoms with Crippen molar-refractivity contribution in [3.05, 3.63) is 47.8 Å². The van der Waals surface area contributed by atoms with Crippen LogP contribution in [0.5, 0.6) is 0 Å². The molecule has 1 saturated heterocycles. The van der Waals surface area contributed by atoms with E-state index in [4.69, 9.17) is 5.11 Å². The smallest absolute Gasteiger partial charge is 0.0648 e. The Kier molecular flexibility index (Phi) is 4.14. The number of benzene rings is 1. The monoisotopic (exact) mass is 271 g/mol. The zero-order valence-corrected chi connectivity index (χ0v) is 11.7. The van der Waals surface area contributed by atoms with Crippen LogP contribution in [0.3, 0.4) is 0 Å². The average molecular weight is 271 g/mol. The van der Waals surface area contributed by atoms with Gasteiger partial charge in [0.2, 0.25) is 0 Å². The van der Waals surface area contributed by atoms with Crippen LogP contribution in [0, 0.1) is 0 Å². The van der Waals surface area contributed by atoms with Gasteiger partial charge in [-0.2, -0.15) is 5.10 Å². The van der Waals surface area contributed by atoms with Crippen molar-refractivity contribution < 1.29 is 5.11 Å². The number of hydrogen-bond acceptors (Lipinski definition) is 3. The van der Waals surface area contributed by atoms with E-state index in [2.05, 4.69) is 34.3 Å². The van der Waals surface area contributed by atoms with E-state index in [0.29, 0.717) is 6.42 Å². The van der Waals surface area contributed by atoms with Gasteiger partial charge in [0.1, 0.15) is 0 Å². The Labute approximate surface area is 119 Å². The first-order chi connectivity index (χ1) is 9.85. The van der Waals surface area contributed by atoms with E-state index >= 15 is 0 Å². The molecule has 106 valence electrons. The van der Waals surface area contributed by atoms with E-state index in [-0.39, 0.29) is 6.61 Å². The Balaban J connectivity index is 1.75. The second-order valence-corrected chi connectivity index (χ2v) is 5.42. The molecule has 0 spiro atoms. The summed E-state index contributed by atoms with van der Waals surface area (Å²) in [6, 6.07) is 8.55.